The summed E-state index contributed by atoms with van der Waals surface area (Å²) in [6, 6.07) is 15.7. The van der Waals surface area contributed by atoms with Crippen LogP contribution >= 0.6 is 35.0 Å². The Balaban J connectivity index is 1.70. The Labute approximate surface area is 137 Å². The van der Waals surface area contributed by atoms with Gasteiger partial charge in [-0.25, -0.2) is 4.98 Å². The number of halogens is 2. The summed E-state index contributed by atoms with van der Waals surface area (Å²) in [6.45, 7) is 0. The molecular weight excluding hydrogens is 323 g/mol. The molecule has 5 heteroatoms. The number of hydrogen-bond donors (Lipinski definition) is 1. The van der Waals surface area contributed by atoms with E-state index >= 15 is 0 Å². The Morgan fingerprint density at radius 3 is 2.62 bits per heavy atom. The number of benzene rings is 2. The second kappa shape index (κ2) is 6.56. The summed E-state index contributed by atoms with van der Waals surface area (Å²) in [7, 11) is 0. The summed E-state index contributed by atoms with van der Waals surface area (Å²) in [4.78, 5) is 7.71. The summed E-state index contributed by atoms with van der Waals surface area (Å²) in [5.41, 5.74) is 3.19. The van der Waals surface area contributed by atoms with Gasteiger partial charge >= 0.3 is 0 Å². The molecule has 0 fully saturated rings. The van der Waals surface area contributed by atoms with Gasteiger partial charge in [-0.1, -0.05) is 71.4 Å². The van der Waals surface area contributed by atoms with E-state index in [2.05, 4.69) is 22.1 Å². The second-order valence-electron chi connectivity index (χ2n) is 4.49. The highest BCUT2D eigenvalue weighted by molar-refractivity contribution is 7.98. The quantitative estimate of drug-likeness (QED) is 0.622. The Morgan fingerprint density at radius 1 is 1.05 bits per heavy atom. The zero-order chi connectivity index (χ0) is 14.7. The van der Waals surface area contributed by atoms with Gasteiger partial charge in [0, 0.05) is 15.8 Å². The average Bonchev–Trinajstić information content (AvgIpc) is 2.96. The number of rotatable bonds is 4. The molecule has 106 valence electrons. The molecule has 0 saturated heterocycles. The van der Waals surface area contributed by atoms with E-state index in [-0.39, 0.29) is 0 Å². The predicted octanol–water partition coefficient (Wildman–Crippen LogP) is 5.68. The van der Waals surface area contributed by atoms with Crippen molar-refractivity contribution in [2.45, 2.75) is 10.9 Å². The number of aromatic nitrogens is 2. The maximum absolute atomic E-state index is 6.17. The van der Waals surface area contributed by atoms with Crippen molar-refractivity contribution in [3.63, 3.8) is 0 Å². The van der Waals surface area contributed by atoms with Gasteiger partial charge in [0.05, 0.1) is 11.9 Å². The molecule has 1 N–H and O–H groups in total. The van der Waals surface area contributed by atoms with Gasteiger partial charge in [0.25, 0.3) is 0 Å². The van der Waals surface area contributed by atoms with E-state index in [4.69, 9.17) is 23.2 Å². The van der Waals surface area contributed by atoms with E-state index in [1.54, 1.807) is 17.8 Å². The molecule has 0 atom stereocenters. The fraction of sp³-hybridized carbons (Fsp3) is 0.0625. The first kappa shape index (κ1) is 14.5. The molecule has 1 heterocycles. The lowest BCUT2D eigenvalue weighted by Gasteiger charge is -2.03. The van der Waals surface area contributed by atoms with Gasteiger partial charge in [-0.2, -0.15) is 0 Å². The van der Waals surface area contributed by atoms with E-state index < -0.39 is 0 Å². The highest BCUT2D eigenvalue weighted by Gasteiger charge is 2.06. The van der Waals surface area contributed by atoms with Crippen LogP contribution < -0.4 is 0 Å². The van der Waals surface area contributed by atoms with E-state index in [1.807, 2.05) is 36.5 Å². The van der Waals surface area contributed by atoms with Crippen molar-refractivity contribution in [1.82, 2.24) is 9.97 Å². The largest absolute Gasteiger partial charge is 0.333 e. The average molecular weight is 335 g/mol. The van der Waals surface area contributed by atoms with Crippen molar-refractivity contribution in [2.75, 3.05) is 0 Å². The van der Waals surface area contributed by atoms with E-state index in [0.717, 1.165) is 27.7 Å². The fourth-order valence-electron chi connectivity index (χ4n) is 1.93. The van der Waals surface area contributed by atoms with Crippen molar-refractivity contribution in [1.29, 1.82) is 0 Å². The van der Waals surface area contributed by atoms with Gasteiger partial charge in [0.1, 0.15) is 0 Å². The van der Waals surface area contributed by atoms with Gasteiger partial charge in [-0.05, 0) is 23.3 Å². The molecule has 0 unspecified atom stereocenters. The normalized spacial score (nSPS) is 10.8. The van der Waals surface area contributed by atoms with Crippen molar-refractivity contribution in [2.24, 2.45) is 0 Å². The van der Waals surface area contributed by atoms with Crippen molar-refractivity contribution >= 4 is 35.0 Å². The van der Waals surface area contributed by atoms with E-state index in [9.17, 15) is 0 Å². The first-order valence-corrected chi connectivity index (χ1v) is 8.14. The molecular formula is C16H12Cl2N2S. The van der Waals surface area contributed by atoms with Crippen LogP contribution in [0, 0.1) is 0 Å². The maximum atomic E-state index is 6.17. The first-order valence-electron chi connectivity index (χ1n) is 6.39. The van der Waals surface area contributed by atoms with Gasteiger partial charge in [0.15, 0.2) is 5.16 Å². The molecule has 3 aromatic rings. The highest BCUT2D eigenvalue weighted by Crippen LogP contribution is 2.28. The van der Waals surface area contributed by atoms with Gasteiger partial charge in [-0.3, -0.25) is 0 Å². The number of H-pyrrole nitrogens is 1. The lowest BCUT2D eigenvalue weighted by molar-refractivity contribution is 1.06. The van der Waals surface area contributed by atoms with Crippen LogP contribution in [0.25, 0.3) is 11.3 Å². The molecule has 0 saturated carbocycles. The molecule has 0 bridgehead atoms. The minimum atomic E-state index is 0.651. The van der Waals surface area contributed by atoms with Crippen LogP contribution in [0.15, 0.2) is 59.9 Å². The number of nitrogens with one attached hydrogen (secondary N) is 1. The SMILES string of the molecule is Clc1ccc(CSc2ncc(-c3ccccc3)[nH]2)c(Cl)c1. The first-order chi connectivity index (χ1) is 10.2. The Morgan fingerprint density at radius 2 is 1.86 bits per heavy atom. The Hall–Kier alpha value is -1.42. The molecule has 0 aliphatic rings. The van der Waals surface area contributed by atoms with Crippen molar-refractivity contribution in [3.05, 3.63) is 70.3 Å². The van der Waals surface area contributed by atoms with Crippen LogP contribution in [0.5, 0.6) is 0 Å². The molecule has 0 amide bonds. The summed E-state index contributed by atoms with van der Waals surface area (Å²) < 4.78 is 0. The molecule has 0 spiro atoms. The zero-order valence-corrected chi connectivity index (χ0v) is 13.3. The molecule has 2 aromatic carbocycles. The fourth-order valence-corrected chi connectivity index (χ4v) is 3.33. The summed E-state index contributed by atoms with van der Waals surface area (Å²) in [5, 5.41) is 2.21. The second-order valence-corrected chi connectivity index (χ2v) is 6.30. The third-order valence-corrected chi connectivity index (χ3v) is 4.54. The third-order valence-electron chi connectivity index (χ3n) is 3.02. The number of aromatic amines is 1. The summed E-state index contributed by atoms with van der Waals surface area (Å²) in [5.74, 6) is 0.748. The van der Waals surface area contributed by atoms with Crippen LogP contribution in [0.2, 0.25) is 10.0 Å². The molecule has 3 rings (SSSR count). The molecule has 0 aliphatic heterocycles. The monoisotopic (exact) mass is 334 g/mol. The molecule has 2 nitrogen and oxygen atoms in total. The summed E-state index contributed by atoms with van der Waals surface area (Å²) in [6.07, 6.45) is 1.85. The van der Waals surface area contributed by atoms with Crippen LogP contribution in [0.4, 0.5) is 0 Å². The van der Waals surface area contributed by atoms with Crippen molar-refractivity contribution in [3.8, 4) is 11.3 Å². The molecule has 1 aromatic heterocycles. The zero-order valence-electron chi connectivity index (χ0n) is 11.0. The van der Waals surface area contributed by atoms with E-state index in [1.165, 1.54) is 0 Å². The Kier molecular flexibility index (Phi) is 4.54. The predicted molar refractivity (Wildman–Crippen MR) is 90.0 cm³/mol. The third kappa shape index (κ3) is 3.62. The molecule has 21 heavy (non-hydrogen) atoms. The van der Waals surface area contributed by atoms with Gasteiger partial charge in [-0.15, -0.1) is 0 Å². The van der Waals surface area contributed by atoms with Crippen molar-refractivity contribution < 1.29 is 0 Å². The molecule has 0 radical (unpaired) electrons. The lowest BCUT2D eigenvalue weighted by Crippen LogP contribution is -1.84. The maximum Gasteiger partial charge on any atom is 0.166 e. The number of imidazole rings is 1. The van der Waals surface area contributed by atoms with Gasteiger partial charge in [0.2, 0.25) is 0 Å². The summed E-state index contributed by atoms with van der Waals surface area (Å²) >= 11 is 13.7. The highest BCUT2D eigenvalue weighted by atomic mass is 35.5. The molecule has 0 aliphatic carbocycles. The van der Waals surface area contributed by atoms with Crippen LogP contribution in [0.3, 0.4) is 0 Å². The lowest BCUT2D eigenvalue weighted by atomic mass is 10.2. The number of thioether (sulfide) groups is 1. The van der Waals surface area contributed by atoms with Crippen LogP contribution in [-0.4, -0.2) is 9.97 Å². The number of hydrogen-bond acceptors (Lipinski definition) is 2. The van der Waals surface area contributed by atoms with Gasteiger partial charge < -0.3 is 4.98 Å². The number of nitrogens with zero attached hydrogens (tertiary/aromatic N) is 1. The minimum absolute atomic E-state index is 0.651. The standard InChI is InChI=1S/C16H12Cl2N2S/c17-13-7-6-12(14(18)8-13)10-21-16-19-9-15(20-16)11-4-2-1-3-5-11/h1-9H,10H2,(H,19,20). The topological polar surface area (TPSA) is 28.7 Å². The Bertz CT molecular complexity index is 741. The van der Waals surface area contributed by atoms with E-state index in [0.29, 0.717) is 10.0 Å². The van der Waals surface area contributed by atoms with Crippen LogP contribution in [0.1, 0.15) is 5.56 Å². The minimum Gasteiger partial charge on any atom is -0.333 e. The smallest absolute Gasteiger partial charge is 0.166 e. The van der Waals surface area contributed by atoms with Crippen LogP contribution in [-0.2, 0) is 5.75 Å².